The van der Waals surface area contributed by atoms with Crippen molar-refractivity contribution in [3.05, 3.63) is 59.1 Å². The summed E-state index contributed by atoms with van der Waals surface area (Å²) in [4.78, 5) is 12.6. The van der Waals surface area contributed by atoms with Gasteiger partial charge in [-0.05, 0) is 65.9 Å². The van der Waals surface area contributed by atoms with E-state index in [9.17, 15) is 4.79 Å². The number of hydrogen-bond acceptors (Lipinski definition) is 6. The van der Waals surface area contributed by atoms with Crippen molar-refractivity contribution in [1.29, 1.82) is 0 Å². The molecule has 0 aliphatic heterocycles. The Hall–Kier alpha value is -2.38. The molecule has 1 aromatic heterocycles. The van der Waals surface area contributed by atoms with Gasteiger partial charge in [-0.25, -0.2) is 0 Å². The molecule has 6 nitrogen and oxygen atoms in total. The van der Waals surface area contributed by atoms with E-state index >= 15 is 0 Å². The lowest BCUT2D eigenvalue weighted by Crippen LogP contribution is -2.14. The first kappa shape index (κ1) is 17.4. The van der Waals surface area contributed by atoms with Gasteiger partial charge in [-0.15, -0.1) is 5.10 Å². The molecule has 0 aliphatic rings. The highest BCUT2D eigenvalue weighted by Gasteiger charge is 2.20. The monoisotopic (exact) mass is 374 g/mol. The summed E-state index contributed by atoms with van der Waals surface area (Å²) < 4.78 is 6.69. The van der Waals surface area contributed by atoms with Crippen LogP contribution in [0.3, 0.4) is 0 Å². The number of carbonyl (C=O) groups is 1. The molecule has 3 aromatic rings. The minimum atomic E-state index is -0.342. The number of tetrazole rings is 1. The van der Waals surface area contributed by atoms with Gasteiger partial charge in [0.15, 0.2) is 5.78 Å². The SMILES string of the molecule is COc1ccc(C(=O)C(C)Sc2nnnn2-c2ccc(Cl)cc2)cc1. The fourth-order valence-corrected chi connectivity index (χ4v) is 3.21. The van der Waals surface area contributed by atoms with Gasteiger partial charge in [0.05, 0.1) is 18.0 Å². The predicted octanol–water partition coefficient (Wildman–Crippen LogP) is 3.69. The lowest BCUT2D eigenvalue weighted by atomic mass is 10.1. The van der Waals surface area contributed by atoms with Gasteiger partial charge in [-0.2, -0.15) is 4.68 Å². The van der Waals surface area contributed by atoms with Crippen LogP contribution in [0.4, 0.5) is 0 Å². The highest BCUT2D eigenvalue weighted by Crippen LogP contribution is 2.26. The minimum Gasteiger partial charge on any atom is -0.497 e. The van der Waals surface area contributed by atoms with Gasteiger partial charge in [0.2, 0.25) is 5.16 Å². The van der Waals surface area contributed by atoms with Gasteiger partial charge in [-0.3, -0.25) is 4.79 Å². The van der Waals surface area contributed by atoms with E-state index in [0.717, 1.165) is 5.69 Å². The first-order valence-corrected chi connectivity index (χ1v) is 8.73. The van der Waals surface area contributed by atoms with Crippen molar-refractivity contribution in [3.63, 3.8) is 0 Å². The maximum absolute atomic E-state index is 12.6. The zero-order valence-electron chi connectivity index (χ0n) is 13.6. The van der Waals surface area contributed by atoms with Crippen LogP contribution in [-0.4, -0.2) is 38.4 Å². The highest BCUT2D eigenvalue weighted by molar-refractivity contribution is 8.00. The molecular formula is C17H15ClN4O2S. The number of nitrogens with zero attached hydrogens (tertiary/aromatic N) is 4. The largest absolute Gasteiger partial charge is 0.497 e. The number of ketones is 1. The van der Waals surface area contributed by atoms with Crippen LogP contribution in [0.1, 0.15) is 17.3 Å². The third kappa shape index (κ3) is 4.00. The molecule has 128 valence electrons. The molecule has 1 heterocycles. The number of thioether (sulfide) groups is 1. The van der Waals surface area contributed by atoms with Gasteiger partial charge in [0.1, 0.15) is 5.75 Å². The van der Waals surface area contributed by atoms with Crippen molar-refractivity contribution in [2.45, 2.75) is 17.3 Å². The number of methoxy groups -OCH3 is 1. The van der Waals surface area contributed by atoms with E-state index in [4.69, 9.17) is 16.3 Å². The van der Waals surface area contributed by atoms with Gasteiger partial charge >= 0.3 is 0 Å². The summed E-state index contributed by atoms with van der Waals surface area (Å²) >= 11 is 7.21. The first-order chi connectivity index (χ1) is 12.1. The van der Waals surface area contributed by atoms with E-state index in [-0.39, 0.29) is 11.0 Å². The number of Topliss-reactive ketones (excluding diaryl/α,β-unsaturated/α-hetero) is 1. The van der Waals surface area contributed by atoms with Crippen molar-refractivity contribution in [2.24, 2.45) is 0 Å². The van der Waals surface area contributed by atoms with Crippen molar-refractivity contribution in [1.82, 2.24) is 20.2 Å². The molecular weight excluding hydrogens is 360 g/mol. The molecule has 3 rings (SSSR count). The highest BCUT2D eigenvalue weighted by atomic mass is 35.5. The molecule has 1 unspecified atom stereocenters. The summed E-state index contributed by atoms with van der Waals surface area (Å²) in [5.74, 6) is 0.710. The molecule has 0 N–H and O–H groups in total. The zero-order chi connectivity index (χ0) is 17.8. The van der Waals surface area contributed by atoms with Crippen LogP contribution in [0.5, 0.6) is 5.75 Å². The summed E-state index contributed by atoms with van der Waals surface area (Å²) in [7, 11) is 1.59. The van der Waals surface area contributed by atoms with E-state index in [2.05, 4.69) is 15.5 Å². The predicted molar refractivity (Wildman–Crippen MR) is 96.8 cm³/mol. The van der Waals surface area contributed by atoms with Gasteiger partial charge in [-0.1, -0.05) is 23.4 Å². The maximum Gasteiger partial charge on any atom is 0.214 e. The molecule has 0 bridgehead atoms. The standard InChI is InChI=1S/C17H15ClN4O2S/c1-11(16(23)12-3-9-15(24-2)10-4-12)25-17-19-20-21-22(17)14-7-5-13(18)6-8-14/h3-11H,1-2H3. The molecule has 2 aromatic carbocycles. The van der Waals surface area contributed by atoms with E-state index in [1.165, 1.54) is 11.8 Å². The van der Waals surface area contributed by atoms with Crippen molar-refractivity contribution in [2.75, 3.05) is 7.11 Å². The Kier molecular flexibility index (Phi) is 5.35. The summed E-state index contributed by atoms with van der Waals surface area (Å²) in [5, 5.41) is 12.5. The number of halogens is 1. The van der Waals surface area contributed by atoms with Crippen molar-refractivity contribution in [3.8, 4) is 11.4 Å². The molecule has 1 atom stereocenters. The third-order valence-electron chi connectivity index (χ3n) is 3.54. The second-order valence-corrected chi connectivity index (χ2v) is 6.95. The Morgan fingerprint density at radius 2 is 1.84 bits per heavy atom. The summed E-state index contributed by atoms with van der Waals surface area (Å²) in [6, 6.07) is 14.2. The number of hydrogen-bond donors (Lipinski definition) is 0. The number of aromatic nitrogens is 4. The van der Waals surface area contributed by atoms with E-state index < -0.39 is 0 Å². The lowest BCUT2D eigenvalue weighted by molar-refractivity contribution is 0.0994. The van der Waals surface area contributed by atoms with Gasteiger partial charge < -0.3 is 4.74 Å². The Morgan fingerprint density at radius 3 is 2.48 bits per heavy atom. The molecule has 0 spiro atoms. The van der Waals surface area contributed by atoms with Crippen LogP contribution in [0.25, 0.3) is 5.69 Å². The van der Waals surface area contributed by atoms with E-state index in [0.29, 0.717) is 21.5 Å². The lowest BCUT2D eigenvalue weighted by Gasteiger charge is -2.10. The quantitative estimate of drug-likeness (QED) is 0.484. The second-order valence-electron chi connectivity index (χ2n) is 5.20. The average molecular weight is 375 g/mol. The summed E-state index contributed by atoms with van der Waals surface area (Å²) in [6.45, 7) is 1.83. The number of rotatable bonds is 6. The zero-order valence-corrected chi connectivity index (χ0v) is 15.2. The topological polar surface area (TPSA) is 69.9 Å². The summed E-state index contributed by atoms with van der Waals surface area (Å²) in [5.41, 5.74) is 1.40. The average Bonchev–Trinajstić information content (AvgIpc) is 3.10. The third-order valence-corrected chi connectivity index (χ3v) is 4.82. The Morgan fingerprint density at radius 1 is 1.16 bits per heavy atom. The molecule has 0 radical (unpaired) electrons. The van der Waals surface area contributed by atoms with Crippen molar-refractivity contribution < 1.29 is 9.53 Å². The molecule has 0 aliphatic carbocycles. The number of benzene rings is 2. The fourth-order valence-electron chi connectivity index (χ4n) is 2.20. The summed E-state index contributed by atoms with van der Waals surface area (Å²) in [6.07, 6.45) is 0. The molecule has 0 amide bonds. The second kappa shape index (κ2) is 7.67. The van der Waals surface area contributed by atoms with Crippen LogP contribution in [0, 0.1) is 0 Å². The normalized spacial score (nSPS) is 12.0. The van der Waals surface area contributed by atoms with Crippen LogP contribution in [0.15, 0.2) is 53.7 Å². The Bertz CT molecular complexity index is 865. The molecule has 0 saturated carbocycles. The Balaban J connectivity index is 1.77. The fraction of sp³-hybridized carbons (Fsp3) is 0.176. The molecule has 0 saturated heterocycles. The smallest absolute Gasteiger partial charge is 0.214 e. The van der Waals surface area contributed by atoms with Crippen LogP contribution >= 0.6 is 23.4 Å². The molecule has 25 heavy (non-hydrogen) atoms. The Labute approximate surface area is 154 Å². The number of carbonyl (C=O) groups excluding carboxylic acids is 1. The minimum absolute atomic E-state index is 0.00157. The number of ether oxygens (including phenoxy) is 1. The van der Waals surface area contributed by atoms with Crippen LogP contribution in [0.2, 0.25) is 5.02 Å². The molecule has 0 fully saturated rings. The van der Waals surface area contributed by atoms with Crippen molar-refractivity contribution >= 4 is 29.1 Å². The maximum atomic E-state index is 12.6. The van der Waals surface area contributed by atoms with Gasteiger partial charge in [0.25, 0.3) is 0 Å². The van der Waals surface area contributed by atoms with Crippen LogP contribution in [-0.2, 0) is 0 Å². The molecule has 8 heteroatoms. The van der Waals surface area contributed by atoms with Gasteiger partial charge in [0, 0.05) is 10.6 Å². The van der Waals surface area contributed by atoms with E-state index in [1.807, 2.05) is 19.1 Å². The van der Waals surface area contributed by atoms with Crippen LogP contribution < -0.4 is 4.74 Å². The van der Waals surface area contributed by atoms with E-state index in [1.54, 1.807) is 48.2 Å². The first-order valence-electron chi connectivity index (χ1n) is 7.47.